The molecule has 4 rings (SSSR count). The van der Waals surface area contributed by atoms with Crippen molar-refractivity contribution in [3.8, 4) is 5.69 Å². The number of hydrogen-bond donors (Lipinski definition) is 1. The van der Waals surface area contributed by atoms with Gasteiger partial charge in [0, 0.05) is 5.92 Å². The second-order valence-electron chi connectivity index (χ2n) is 6.40. The van der Waals surface area contributed by atoms with Gasteiger partial charge in [0.05, 0.1) is 23.7 Å². The lowest BCUT2D eigenvalue weighted by molar-refractivity contribution is -0.139. The molecule has 1 saturated carbocycles. The number of aromatic nitrogens is 4. The van der Waals surface area contributed by atoms with E-state index in [0.29, 0.717) is 27.7 Å². The fourth-order valence-corrected chi connectivity index (χ4v) is 4.25. The Morgan fingerprint density at radius 3 is 2.79 bits per heavy atom. The lowest BCUT2D eigenvalue weighted by Gasteiger charge is -2.06. The number of hydrogen-bond acceptors (Lipinski definition) is 8. The van der Waals surface area contributed by atoms with Gasteiger partial charge in [-0.05, 0) is 38.0 Å². The van der Waals surface area contributed by atoms with E-state index in [1.54, 1.807) is 11.6 Å². The number of amides is 1. The van der Waals surface area contributed by atoms with E-state index in [2.05, 4.69) is 20.6 Å². The Labute approximate surface area is 175 Å². The topological polar surface area (TPSA) is 99.0 Å². The van der Waals surface area contributed by atoms with Crippen LogP contribution in [-0.2, 0) is 9.53 Å². The summed E-state index contributed by atoms with van der Waals surface area (Å²) in [6.45, 7) is 2.10. The zero-order valence-corrected chi connectivity index (χ0v) is 17.3. The van der Waals surface area contributed by atoms with Crippen LogP contribution in [0.3, 0.4) is 0 Å². The van der Waals surface area contributed by atoms with Crippen LogP contribution in [0.4, 0.5) is 5.13 Å². The molecule has 1 aliphatic carbocycles. The molecule has 1 fully saturated rings. The molecule has 0 atom stereocenters. The zero-order valence-electron chi connectivity index (χ0n) is 15.7. The van der Waals surface area contributed by atoms with Gasteiger partial charge < -0.3 is 4.74 Å². The summed E-state index contributed by atoms with van der Waals surface area (Å²) in [6, 6.07) is 11.4. The normalized spacial score (nSPS) is 13.3. The number of para-hydroxylation sites is 1. The van der Waals surface area contributed by atoms with Crippen molar-refractivity contribution < 1.29 is 14.3 Å². The van der Waals surface area contributed by atoms with Gasteiger partial charge in [0.1, 0.15) is 5.69 Å². The Balaban J connectivity index is 1.48. The van der Waals surface area contributed by atoms with Crippen LogP contribution in [-0.4, -0.2) is 44.2 Å². The third-order valence-electron chi connectivity index (χ3n) is 4.20. The molecule has 1 aromatic carbocycles. The smallest absolute Gasteiger partial charge is 0.316 e. The molecule has 0 aliphatic heterocycles. The molecule has 1 aliphatic rings. The Bertz CT molecular complexity index is 1010. The van der Waals surface area contributed by atoms with Gasteiger partial charge in [0.15, 0.2) is 4.34 Å². The van der Waals surface area contributed by atoms with E-state index in [-0.39, 0.29) is 17.6 Å². The standard InChI is InChI=1S/C19H19N5O3S2/c1-2-27-16(25)11-28-19-22-21-18(29-19)20-17(26)15-10-14(12-8-9-12)23-24(15)13-6-4-3-5-7-13/h3-7,10,12H,2,8-9,11H2,1H3,(H,20,21,26). The van der Waals surface area contributed by atoms with Crippen molar-refractivity contribution in [3.05, 3.63) is 47.8 Å². The van der Waals surface area contributed by atoms with Crippen LogP contribution in [0.25, 0.3) is 5.69 Å². The number of benzene rings is 1. The Kier molecular flexibility index (Phi) is 5.91. The van der Waals surface area contributed by atoms with Gasteiger partial charge in [-0.25, -0.2) is 4.68 Å². The first kappa shape index (κ1) is 19.6. The van der Waals surface area contributed by atoms with Gasteiger partial charge >= 0.3 is 5.97 Å². The quantitative estimate of drug-likeness (QED) is 0.332. The van der Waals surface area contributed by atoms with Gasteiger partial charge in [-0.2, -0.15) is 5.10 Å². The molecule has 150 valence electrons. The number of thioether (sulfide) groups is 1. The molecule has 2 heterocycles. The predicted molar refractivity (Wildman–Crippen MR) is 111 cm³/mol. The van der Waals surface area contributed by atoms with Crippen LogP contribution in [0.1, 0.15) is 41.9 Å². The molecular formula is C19H19N5O3S2. The molecule has 8 nitrogen and oxygen atoms in total. The zero-order chi connectivity index (χ0) is 20.2. The van der Waals surface area contributed by atoms with Crippen LogP contribution in [0.15, 0.2) is 40.7 Å². The summed E-state index contributed by atoms with van der Waals surface area (Å²) in [6.07, 6.45) is 2.20. The second-order valence-corrected chi connectivity index (χ2v) is 8.60. The van der Waals surface area contributed by atoms with Gasteiger partial charge in [0.25, 0.3) is 5.91 Å². The molecular weight excluding hydrogens is 410 g/mol. The number of rotatable bonds is 8. The minimum Gasteiger partial charge on any atom is -0.465 e. The highest BCUT2D eigenvalue weighted by Gasteiger charge is 2.29. The summed E-state index contributed by atoms with van der Waals surface area (Å²) in [5.41, 5.74) is 2.21. The summed E-state index contributed by atoms with van der Waals surface area (Å²) >= 11 is 2.44. The van der Waals surface area contributed by atoms with E-state index >= 15 is 0 Å². The van der Waals surface area contributed by atoms with E-state index < -0.39 is 0 Å². The number of esters is 1. The largest absolute Gasteiger partial charge is 0.465 e. The van der Waals surface area contributed by atoms with Crippen molar-refractivity contribution in [2.75, 3.05) is 17.7 Å². The molecule has 1 N–H and O–H groups in total. The van der Waals surface area contributed by atoms with Crippen LogP contribution < -0.4 is 5.32 Å². The van der Waals surface area contributed by atoms with E-state index in [0.717, 1.165) is 24.2 Å². The second kappa shape index (κ2) is 8.75. The molecule has 0 saturated heterocycles. The first-order chi connectivity index (χ1) is 14.1. The van der Waals surface area contributed by atoms with Crippen LogP contribution in [0.5, 0.6) is 0 Å². The highest BCUT2D eigenvalue weighted by Crippen LogP contribution is 2.39. The third kappa shape index (κ3) is 4.83. The highest BCUT2D eigenvalue weighted by molar-refractivity contribution is 8.01. The number of nitrogens with one attached hydrogen (secondary N) is 1. The lowest BCUT2D eigenvalue weighted by atomic mass is 10.2. The Morgan fingerprint density at radius 2 is 2.07 bits per heavy atom. The molecule has 0 radical (unpaired) electrons. The molecule has 29 heavy (non-hydrogen) atoms. The third-order valence-corrected chi connectivity index (χ3v) is 6.15. The summed E-state index contributed by atoms with van der Waals surface area (Å²) in [7, 11) is 0. The number of nitrogens with zero attached hydrogens (tertiary/aromatic N) is 4. The maximum Gasteiger partial charge on any atom is 0.316 e. The molecule has 3 aromatic rings. The van der Waals surface area contributed by atoms with Crippen LogP contribution in [0, 0.1) is 0 Å². The number of ether oxygens (including phenoxy) is 1. The average Bonchev–Trinajstić information content (AvgIpc) is 3.32. The summed E-state index contributed by atoms with van der Waals surface area (Å²) < 4.78 is 7.15. The number of anilines is 1. The number of carbonyl (C=O) groups is 2. The van der Waals surface area contributed by atoms with Gasteiger partial charge in [-0.1, -0.05) is 41.3 Å². The summed E-state index contributed by atoms with van der Waals surface area (Å²) in [5.74, 6) is -0.0231. The van der Waals surface area contributed by atoms with E-state index in [4.69, 9.17) is 4.74 Å². The van der Waals surface area contributed by atoms with Crippen LogP contribution in [0.2, 0.25) is 0 Å². The SMILES string of the molecule is CCOC(=O)CSc1nnc(NC(=O)c2cc(C3CC3)nn2-c2ccccc2)s1. The maximum absolute atomic E-state index is 12.9. The monoisotopic (exact) mass is 429 g/mol. The summed E-state index contributed by atoms with van der Waals surface area (Å²) in [5, 5.41) is 15.8. The van der Waals surface area contributed by atoms with Crippen molar-refractivity contribution in [2.24, 2.45) is 0 Å². The lowest BCUT2D eigenvalue weighted by Crippen LogP contribution is -2.16. The van der Waals surface area contributed by atoms with Gasteiger partial charge in [0.2, 0.25) is 5.13 Å². The van der Waals surface area contributed by atoms with Gasteiger partial charge in [-0.3, -0.25) is 14.9 Å². The fourth-order valence-electron chi connectivity index (χ4n) is 2.71. The molecule has 0 spiro atoms. The van der Waals surface area contributed by atoms with Crippen molar-refractivity contribution in [3.63, 3.8) is 0 Å². The Morgan fingerprint density at radius 1 is 1.28 bits per heavy atom. The van der Waals surface area contributed by atoms with Crippen molar-refractivity contribution in [1.29, 1.82) is 0 Å². The molecule has 0 bridgehead atoms. The minimum atomic E-state index is -0.308. The highest BCUT2D eigenvalue weighted by atomic mass is 32.2. The van der Waals surface area contributed by atoms with Crippen LogP contribution >= 0.6 is 23.1 Å². The molecule has 1 amide bonds. The average molecular weight is 430 g/mol. The van der Waals surface area contributed by atoms with Gasteiger partial charge in [-0.15, -0.1) is 10.2 Å². The summed E-state index contributed by atoms with van der Waals surface area (Å²) in [4.78, 5) is 24.4. The first-order valence-corrected chi connectivity index (χ1v) is 11.0. The van der Waals surface area contributed by atoms with Crippen molar-refractivity contribution in [1.82, 2.24) is 20.0 Å². The number of carbonyl (C=O) groups excluding carboxylic acids is 2. The maximum atomic E-state index is 12.9. The first-order valence-electron chi connectivity index (χ1n) is 9.22. The molecule has 2 aromatic heterocycles. The van der Waals surface area contributed by atoms with E-state index in [1.807, 2.05) is 36.4 Å². The molecule has 10 heteroatoms. The Hall–Kier alpha value is -2.72. The molecule has 0 unspecified atom stereocenters. The minimum absolute atomic E-state index is 0.155. The van der Waals surface area contributed by atoms with E-state index in [9.17, 15) is 9.59 Å². The van der Waals surface area contributed by atoms with Crippen molar-refractivity contribution in [2.45, 2.75) is 30.0 Å². The van der Waals surface area contributed by atoms with E-state index in [1.165, 1.54) is 23.1 Å². The predicted octanol–water partition coefficient (Wildman–Crippen LogP) is 3.51. The van der Waals surface area contributed by atoms with Crippen molar-refractivity contribution >= 4 is 40.1 Å². The fraction of sp³-hybridized carbons (Fsp3) is 0.316.